The average molecular weight is 419 g/mol. The monoisotopic (exact) mass is 416 g/mol. The Morgan fingerprint density at radius 1 is 0.600 bits per heavy atom. The Morgan fingerprint density at radius 2 is 0.600 bits per heavy atom. The average Bonchev–Trinajstić information content (AvgIpc) is 0.722. The van der Waals surface area contributed by atoms with Gasteiger partial charge >= 0.3 is 70.0 Å². The van der Waals surface area contributed by atoms with Crippen LogP contribution in [0.4, 0.5) is 0 Å². The van der Waals surface area contributed by atoms with Gasteiger partial charge in [-0.2, -0.15) is 0 Å². The standard InChI is InChI=1S/4ClH.4H2N.2Pd/h4*1H;4*1H2;;/q;;;;4*-1;+2;+4/p-4. The number of rotatable bonds is 0. The molecular formula is H8Cl4N4Pd2-2. The van der Waals surface area contributed by atoms with Crippen LogP contribution in [0.25, 0.3) is 24.6 Å². The van der Waals surface area contributed by atoms with E-state index < -0.39 is 11.5 Å². The zero-order valence-corrected chi connectivity index (χ0v) is 10.6. The van der Waals surface area contributed by atoms with Crippen LogP contribution >= 0.6 is 38.1 Å². The van der Waals surface area contributed by atoms with Crippen molar-refractivity contribution in [1.82, 2.24) is 0 Å². The van der Waals surface area contributed by atoms with Crippen LogP contribution in [0, 0.1) is 0 Å². The van der Waals surface area contributed by atoms with Crippen molar-refractivity contribution < 1.29 is 31.9 Å². The van der Waals surface area contributed by atoms with E-state index in [4.69, 9.17) is 38.1 Å². The smallest absolute Gasteiger partial charge is 0.693 e. The molecule has 0 saturated carbocycles. The number of halogens is 4. The molecule has 0 rings (SSSR count). The van der Waals surface area contributed by atoms with Gasteiger partial charge in [-0.15, -0.1) is 0 Å². The van der Waals surface area contributed by atoms with Crippen LogP contribution in [0.5, 0.6) is 0 Å². The molecule has 0 aliphatic heterocycles. The Morgan fingerprint density at radius 3 is 0.600 bits per heavy atom. The summed E-state index contributed by atoms with van der Waals surface area (Å²) in [6, 6.07) is 0. The molecule has 10 heavy (non-hydrogen) atoms. The molecule has 0 aromatic heterocycles. The Balaban J connectivity index is -0.00000000800. The summed E-state index contributed by atoms with van der Waals surface area (Å²) in [5.74, 6) is 0. The van der Waals surface area contributed by atoms with E-state index in [9.17, 15) is 0 Å². The molecule has 0 saturated heterocycles. The molecule has 0 unspecified atom stereocenters. The van der Waals surface area contributed by atoms with E-state index in [2.05, 4.69) is 0 Å². The van der Waals surface area contributed by atoms with E-state index in [1.165, 1.54) is 0 Å². The molecule has 0 bridgehead atoms. The van der Waals surface area contributed by atoms with Crippen molar-refractivity contribution in [2.24, 2.45) is 0 Å². The first-order valence-electron chi connectivity index (χ1n) is 0.478. The normalized spacial score (nSPS) is 7.60. The summed E-state index contributed by atoms with van der Waals surface area (Å²) in [7, 11) is 19.9. The van der Waals surface area contributed by atoms with Gasteiger partial charge in [-0.1, -0.05) is 0 Å². The molecule has 0 atom stereocenters. The Kier molecular flexibility index (Phi) is 68.8. The molecule has 0 amide bonds. The number of hydrogen-bond donors (Lipinski definition) is 0. The summed E-state index contributed by atoms with van der Waals surface area (Å²) in [4.78, 5) is 0. The fourth-order valence-electron chi connectivity index (χ4n) is 0. The van der Waals surface area contributed by atoms with Gasteiger partial charge in [0.15, 0.2) is 0 Å². The minimum Gasteiger partial charge on any atom is -0.693 e. The van der Waals surface area contributed by atoms with Crippen LogP contribution < -0.4 is 0 Å². The summed E-state index contributed by atoms with van der Waals surface area (Å²) < 4.78 is 0. The zero-order chi connectivity index (χ0) is 4.50. The fourth-order valence-corrected chi connectivity index (χ4v) is 0. The van der Waals surface area contributed by atoms with E-state index in [1.54, 1.807) is 0 Å². The Bertz CT molecular complexity index is 30.7. The largest absolute Gasteiger partial charge is 2.00 e. The van der Waals surface area contributed by atoms with E-state index in [0.717, 1.165) is 0 Å². The van der Waals surface area contributed by atoms with E-state index in [-0.39, 0.29) is 45.0 Å². The van der Waals surface area contributed by atoms with Crippen LogP contribution in [0.1, 0.15) is 0 Å². The summed E-state index contributed by atoms with van der Waals surface area (Å²) in [5, 5.41) is 0. The molecule has 0 radical (unpaired) electrons. The van der Waals surface area contributed by atoms with E-state index in [1.807, 2.05) is 0 Å². The molecule has 78 valence electrons. The molecular weight excluding hydrogens is 411 g/mol. The van der Waals surface area contributed by atoms with Crippen molar-refractivity contribution in [3.63, 3.8) is 0 Å². The minimum absolute atomic E-state index is 0. The predicted molar refractivity (Wildman–Crippen MR) is 44.5 cm³/mol. The zero-order valence-electron chi connectivity index (χ0n) is 4.45. The van der Waals surface area contributed by atoms with Gasteiger partial charge in [0, 0.05) is 0 Å². The van der Waals surface area contributed by atoms with Crippen molar-refractivity contribution >= 4 is 38.1 Å². The van der Waals surface area contributed by atoms with Gasteiger partial charge in [0.2, 0.25) is 0 Å². The first-order valence-corrected chi connectivity index (χ1v) is 8.49. The molecule has 0 fully saturated rings. The Labute approximate surface area is 93.6 Å². The molecule has 0 spiro atoms. The third-order valence-corrected chi connectivity index (χ3v) is 0. The van der Waals surface area contributed by atoms with Crippen molar-refractivity contribution in [3.8, 4) is 0 Å². The van der Waals surface area contributed by atoms with Gasteiger partial charge in [0.25, 0.3) is 0 Å². The van der Waals surface area contributed by atoms with Gasteiger partial charge < -0.3 is 24.6 Å². The van der Waals surface area contributed by atoms with Gasteiger partial charge in [-0.3, -0.25) is 0 Å². The SMILES string of the molecule is [Cl][Pd]([Cl])([Cl])[Cl].[NH2-].[NH2-].[NH2-].[NH2-].[Pd+2]. The topological polar surface area (TPSA) is 134 Å². The number of nitrogens with two attached hydrogens (primary N) is 4. The van der Waals surface area contributed by atoms with Crippen LogP contribution in [-0.4, -0.2) is 0 Å². The maximum atomic E-state index is 4.98. The molecule has 0 heterocycles. The summed E-state index contributed by atoms with van der Waals surface area (Å²) in [6.07, 6.45) is 0. The molecule has 10 heteroatoms. The van der Waals surface area contributed by atoms with Gasteiger partial charge in [-0.05, 0) is 0 Å². The first-order chi connectivity index (χ1) is 2.00. The summed E-state index contributed by atoms with van der Waals surface area (Å²) in [5.41, 5.74) is 0. The molecule has 0 aliphatic carbocycles. The van der Waals surface area contributed by atoms with Crippen LogP contribution in [-0.2, 0) is 31.9 Å². The van der Waals surface area contributed by atoms with Crippen molar-refractivity contribution in [1.29, 1.82) is 0 Å². The minimum atomic E-state index is -2.81. The molecule has 0 aliphatic rings. The van der Waals surface area contributed by atoms with Gasteiger partial charge in [0.1, 0.15) is 0 Å². The second-order valence-corrected chi connectivity index (χ2v) is 14.4. The molecule has 0 aromatic rings. The van der Waals surface area contributed by atoms with Crippen molar-refractivity contribution in [2.45, 2.75) is 0 Å². The molecule has 0 aromatic carbocycles. The maximum Gasteiger partial charge on any atom is 2.00 e. The van der Waals surface area contributed by atoms with Gasteiger partial charge in [0.05, 0.1) is 0 Å². The van der Waals surface area contributed by atoms with Crippen LogP contribution in [0.3, 0.4) is 0 Å². The molecule has 4 nitrogen and oxygen atoms in total. The van der Waals surface area contributed by atoms with Crippen molar-refractivity contribution in [2.75, 3.05) is 0 Å². The Hall–Kier alpha value is 2.32. The quantitative estimate of drug-likeness (QED) is 0.451. The van der Waals surface area contributed by atoms with Gasteiger partial charge in [-0.25, -0.2) is 0 Å². The van der Waals surface area contributed by atoms with Crippen LogP contribution in [0.2, 0.25) is 0 Å². The second kappa shape index (κ2) is 17.4. The van der Waals surface area contributed by atoms with Crippen molar-refractivity contribution in [3.05, 3.63) is 24.6 Å². The third-order valence-electron chi connectivity index (χ3n) is 0. The second-order valence-electron chi connectivity index (χ2n) is 0.271. The third kappa shape index (κ3) is 166. The molecule has 8 N–H and O–H groups in total. The fraction of sp³-hybridized carbons (Fsp3) is 0. The summed E-state index contributed by atoms with van der Waals surface area (Å²) in [6.45, 7) is 0. The first kappa shape index (κ1) is 39.5. The number of hydrogen-bond acceptors (Lipinski definition) is 0. The van der Waals surface area contributed by atoms with Crippen LogP contribution in [0.15, 0.2) is 0 Å². The van der Waals surface area contributed by atoms with E-state index >= 15 is 0 Å². The maximum absolute atomic E-state index is 4.98. The van der Waals surface area contributed by atoms with E-state index in [0.29, 0.717) is 0 Å². The summed E-state index contributed by atoms with van der Waals surface area (Å²) >= 11 is -2.81. The predicted octanol–water partition coefficient (Wildman–Crippen LogP) is 5.62.